The van der Waals surface area contributed by atoms with E-state index in [2.05, 4.69) is 20.3 Å². The first-order valence-corrected chi connectivity index (χ1v) is 10.2. The number of hydrogen-bond acceptors (Lipinski definition) is 4. The highest BCUT2D eigenvalue weighted by Gasteiger charge is 2.10. The van der Waals surface area contributed by atoms with Gasteiger partial charge in [-0.15, -0.1) is 16.7 Å². The van der Waals surface area contributed by atoms with Crippen LogP contribution in [0.25, 0.3) is 0 Å². The lowest BCUT2D eigenvalue weighted by Crippen LogP contribution is -2.73. The van der Waals surface area contributed by atoms with Gasteiger partial charge in [-0.3, -0.25) is 10.1 Å². The van der Waals surface area contributed by atoms with Gasteiger partial charge in [-0.2, -0.15) is 0 Å². The molecule has 1 aromatic heterocycles. The van der Waals surface area contributed by atoms with Gasteiger partial charge in [0, 0.05) is 21.0 Å². The predicted molar refractivity (Wildman–Crippen MR) is 117 cm³/mol. The second-order valence-electron chi connectivity index (χ2n) is 5.84. The van der Waals surface area contributed by atoms with Crippen molar-refractivity contribution in [3.05, 3.63) is 74.6 Å². The molecular formula is C19H18Cl2N5O2S+. The highest BCUT2D eigenvalue weighted by molar-refractivity contribution is 7.98. The summed E-state index contributed by atoms with van der Waals surface area (Å²) < 4.78 is 5.27. The fourth-order valence-electron chi connectivity index (χ4n) is 2.41. The summed E-state index contributed by atoms with van der Waals surface area (Å²) in [5.41, 5.74) is 6.89. The van der Waals surface area contributed by atoms with Crippen LogP contribution < -0.4 is 26.3 Å². The minimum atomic E-state index is -0.289. The topological polar surface area (TPSA) is 107 Å². The third kappa shape index (κ3) is 6.15. The molecule has 0 aliphatic heterocycles. The molecule has 0 bridgehead atoms. The third-order valence-corrected chi connectivity index (χ3v) is 5.21. The minimum Gasteiger partial charge on any atom is -0.494 e. The molecular weight excluding hydrogens is 433 g/mol. The fourth-order valence-corrected chi connectivity index (χ4v) is 3.50. The molecule has 150 valence electrons. The van der Waals surface area contributed by atoms with E-state index < -0.39 is 0 Å². The Morgan fingerprint density at radius 2 is 1.93 bits per heavy atom. The number of aromatic amines is 1. The zero-order chi connectivity index (χ0) is 20.8. The zero-order valence-electron chi connectivity index (χ0n) is 15.3. The number of nitrogens with two attached hydrogens (primary N) is 1. The Morgan fingerprint density at radius 3 is 2.66 bits per heavy atom. The largest absolute Gasteiger partial charge is 0.494 e. The van der Waals surface area contributed by atoms with Gasteiger partial charge < -0.3 is 10.5 Å². The molecule has 1 heterocycles. The first-order chi connectivity index (χ1) is 13.9. The number of thioether (sulfide) groups is 1. The minimum absolute atomic E-state index is 0.149. The summed E-state index contributed by atoms with van der Waals surface area (Å²) >= 11 is 13.5. The van der Waals surface area contributed by atoms with Gasteiger partial charge in [-0.25, -0.2) is 9.98 Å². The Hall–Kier alpha value is -2.68. The van der Waals surface area contributed by atoms with Crippen LogP contribution in [0.15, 0.2) is 58.2 Å². The number of benzene rings is 2. The van der Waals surface area contributed by atoms with Gasteiger partial charge >= 0.3 is 5.95 Å². The number of nitrogens with one attached hydrogen (secondary N) is 3. The quantitative estimate of drug-likeness (QED) is 0.261. The number of rotatable bonds is 6. The number of anilines is 1. The van der Waals surface area contributed by atoms with Crippen molar-refractivity contribution < 1.29 is 9.73 Å². The van der Waals surface area contributed by atoms with Gasteiger partial charge in [0.2, 0.25) is 0 Å². The van der Waals surface area contributed by atoms with Crippen molar-refractivity contribution in [3.8, 4) is 5.75 Å². The molecule has 0 atom stereocenters. The van der Waals surface area contributed by atoms with Gasteiger partial charge in [-0.05, 0) is 42.5 Å². The molecule has 0 unspecified atom stereocenters. The van der Waals surface area contributed by atoms with Gasteiger partial charge in [-0.1, -0.05) is 23.2 Å². The number of aromatic nitrogens is 2. The number of methoxy groups -OCH3 is 1. The summed E-state index contributed by atoms with van der Waals surface area (Å²) in [4.78, 5) is 22.8. The molecule has 2 aromatic carbocycles. The predicted octanol–water partition coefficient (Wildman–Crippen LogP) is 2.52. The van der Waals surface area contributed by atoms with Gasteiger partial charge in [0.15, 0.2) is 5.75 Å². The monoisotopic (exact) mass is 450 g/mol. The Labute approximate surface area is 181 Å². The maximum Gasteiger partial charge on any atom is 0.325 e. The van der Waals surface area contributed by atoms with Gasteiger partial charge in [0.1, 0.15) is 11.4 Å². The molecule has 0 amide bonds. The van der Waals surface area contributed by atoms with E-state index in [1.807, 2.05) is 24.3 Å². The van der Waals surface area contributed by atoms with Crippen LogP contribution in [0.3, 0.4) is 0 Å². The van der Waals surface area contributed by atoms with Crippen molar-refractivity contribution in [1.82, 2.24) is 9.97 Å². The normalized spacial score (nSPS) is 11.3. The van der Waals surface area contributed by atoms with Gasteiger partial charge in [0.25, 0.3) is 11.5 Å². The number of nitrogens with zero attached hydrogens (tertiary/aromatic N) is 1. The Morgan fingerprint density at radius 1 is 1.21 bits per heavy atom. The second-order valence-corrected chi connectivity index (χ2v) is 7.76. The molecule has 7 nitrogen and oxygen atoms in total. The van der Waals surface area contributed by atoms with Crippen LogP contribution >= 0.6 is 35.0 Å². The Bertz CT molecular complexity index is 1090. The molecule has 10 heteroatoms. The van der Waals surface area contributed by atoms with Crippen molar-refractivity contribution in [3.63, 3.8) is 0 Å². The number of H-pyrrole nitrogens is 1. The van der Waals surface area contributed by atoms with Crippen molar-refractivity contribution >= 4 is 52.6 Å². The standard InChI is InChI=1S/C19H17Cl2N5O2S/c1-28-16-7-4-12(21)8-15(16)24-18(22)26-19-23-13(9-17(27)25-19)10-29-14-5-2-11(20)3-6-14/h2-9H,10H2,1H3,(H4,22,23,24,25,26,27)/p+1. The van der Waals surface area contributed by atoms with Gasteiger partial charge in [0.05, 0.1) is 12.9 Å². The number of hydrogen-bond donors (Lipinski definition) is 4. The van der Waals surface area contributed by atoms with E-state index in [1.54, 1.807) is 37.1 Å². The maximum atomic E-state index is 12.0. The molecule has 0 aliphatic rings. The number of ether oxygens (including phenoxy) is 1. The highest BCUT2D eigenvalue weighted by atomic mass is 35.5. The molecule has 5 N–H and O–H groups in total. The average Bonchev–Trinajstić information content (AvgIpc) is 2.67. The Balaban J connectivity index is 1.75. The number of halogens is 2. The molecule has 3 rings (SSSR count). The summed E-state index contributed by atoms with van der Waals surface area (Å²) in [6, 6.07) is 14.0. The third-order valence-electron chi connectivity index (χ3n) is 3.68. The van der Waals surface area contributed by atoms with E-state index in [1.165, 1.54) is 6.07 Å². The summed E-state index contributed by atoms with van der Waals surface area (Å²) in [5, 5.41) is 4.14. The van der Waals surface area contributed by atoms with Crippen molar-refractivity contribution in [2.24, 2.45) is 5.73 Å². The SMILES string of the molecule is COc1ccc(Cl)cc1NC(N)=[NH+]c1nc(CSc2ccc(Cl)cc2)cc(=O)[nH]1. The number of guanidine groups is 1. The molecule has 0 fully saturated rings. The highest BCUT2D eigenvalue weighted by Crippen LogP contribution is 2.27. The smallest absolute Gasteiger partial charge is 0.325 e. The molecule has 0 aliphatic carbocycles. The maximum absolute atomic E-state index is 12.0. The van der Waals surface area contributed by atoms with Crippen LogP contribution in [0.4, 0.5) is 11.6 Å². The van der Waals surface area contributed by atoms with Crippen LogP contribution in [-0.2, 0) is 5.75 Å². The van der Waals surface area contributed by atoms with E-state index in [9.17, 15) is 4.79 Å². The van der Waals surface area contributed by atoms with E-state index in [0.717, 1.165) is 4.90 Å². The van der Waals surface area contributed by atoms with E-state index in [0.29, 0.717) is 32.9 Å². The van der Waals surface area contributed by atoms with Crippen LogP contribution in [0.2, 0.25) is 10.0 Å². The molecule has 3 aromatic rings. The fraction of sp³-hybridized carbons (Fsp3) is 0.105. The van der Waals surface area contributed by atoms with Crippen LogP contribution in [0.5, 0.6) is 5.75 Å². The summed E-state index contributed by atoms with van der Waals surface area (Å²) in [5.74, 6) is 1.44. The van der Waals surface area contributed by atoms with Crippen molar-refractivity contribution in [2.75, 3.05) is 12.4 Å². The van der Waals surface area contributed by atoms with E-state index in [4.69, 9.17) is 33.7 Å². The molecule has 0 radical (unpaired) electrons. The van der Waals surface area contributed by atoms with E-state index >= 15 is 0 Å². The summed E-state index contributed by atoms with van der Waals surface area (Å²) in [7, 11) is 1.54. The summed E-state index contributed by atoms with van der Waals surface area (Å²) in [6.07, 6.45) is 0. The molecule has 0 saturated heterocycles. The van der Waals surface area contributed by atoms with Crippen molar-refractivity contribution in [2.45, 2.75) is 10.6 Å². The van der Waals surface area contributed by atoms with E-state index in [-0.39, 0.29) is 17.5 Å². The Kier molecular flexibility index (Phi) is 7.03. The first kappa shape index (κ1) is 21.0. The lowest BCUT2D eigenvalue weighted by molar-refractivity contribution is -0.365. The van der Waals surface area contributed by atoms with Crippen LogP contribution in [0, 0.1) is 0 Å². The lowest BCUT2D eigenvalue weighted by atomic mass is 10.3. The summed E-state index contributed by atoms with van der Waals surface area (Å²) in [6.45, 7) is 0. The second kappa shape index (κ2) is 9.69. The first-order valence-electron chi connectivity index (χ1n) is 8.41. The molecule has 29 heavy (non-hydrogen) atoms. The molecule has 0 spiro atoms. The van der Waals surface area contributed by atoms with Crippen LogP contribution in [0.1, 0.15) is 5.69 Å². The van der Waals surface area contributed by atoms with Crippen molar-refractivity contribution in [1.29, 1.82) is 0 Å². The average molecular weight is 451 g/mol. The zero-order valence-corrected chi connectivity index (χ0v) is 17.7. The van der Waals surface area contributed by atoms with Crippen LogP contribution in [-0.4, -0.2) is 23.0 Å². The molecule has 0 saturated carbocycles. The lowest BCUT2D eigenvalue weighted by Gasteiger charge is -2.08.